The normalized spacial score (nSPS) is 9.79. The molecular weight excluding hydrogens is 187 g/mol. The lowest BCUT2D eigenvalue weighted by molar-refractivity contribution is 0.350. The first-order valence-electron chi connectivity index (χ1n) is 3.92. The van der Waals surface area contributed by atoms with Crippen molar-refractivity contribution in [2.24, 2.45) is 0 Å². The van der Waals surface area contributed by atoms with Crippen LogP contribution in [0.5, 0.6) is 11.9 Å². The second-order valence-corrected chi connectivity index (χ2v) is 2.59. The summed E-state index contributed by atoms with van der Waals surface area (Å²) >= 11 is 0. The second-order valence-electron chi connectivity index (χ2n) is 2.59. The average Bonchev–Trinajstić information content (AvgIpc) is 2.15. The Morgan fingerprint density at radius 3 is 2.21 bits per heavy atom. The molecular formula is C7H11BN2O4. The van der Waals surface area contributed by atoms with Gasteiger partial charge in [0.25, 0.3) is 0 Å². The van der Waals surface area contributed by atoms with Crippen LogP contribution in [0.25, 0.3) is 0 Å². The van der Waals surface area contributed by atoms with Gasteiger partial charge in [0.15, 0.2) is 0 Å². The molecule has 0 atom stereocenters. The van der Waals surface area contributed by atoms with E-state index in [9.17, 15) is 0 Å². The number of nitrogens with zero attached hydrogens (tertiary/aromatic N) is 2. The van der Waals surface area contributed by atoms with Crippen LogP contribution in [0.15, 0.2) is 0 Å². The van der Waals surface area contributed by atoms with Crippen molar-refractivity contribution in [1.82, 2.24) is 9.97 Å². The maximum absolute atomic E-state index is 9.03. The molecule has 1 aromatic rings. The molecule has 1 aromatic heterocycles. The topological polar surface area (TPSA) is 84.7 Å². The van der Waals surface area contributed by atoms with Crippen LogP contribution < -0.4 is 14.9 Å². The van der Waals surface area contributed by atoms with E-state index in [1.165, 1.54) is 14.2 Å². The third kappa shape index (κ3) is 1.94. The number of rotatable bonds is 3. The first kappa shape index (κ1) is 10.7. The number of hydrogen-bond donors (Lipinski definition) is 2. The van der Waals surface area contributed by atoms with E-state index < -0.39 is 7.12 Å². The summed E-state index contributed by atoms with van der Waals surface area (Å²) in [4.78, 5) is 7.70. The molecule has 1 heterocycles. The quantitative estimate of drug-likeness (QED) is 0.574. The number of hydrogen-bond acceptors (Lipinski definition) is 6. The molecule has 0 saturated carbocycles. The minimum absolute atomic E-state index is 0.101. The smallest absolute Gasteiger partial charge is 0.481 e. The minimum Gasteiger partial charge on any atom is -0.481 e. The number of methoxy groups -OCH3 is 2. The molecule has 0 radical (unpaired) electrons. The fraction of sp³-hybridized carbons (Fsp3) is 0.429. The molecule has 2 N–H and O–H groups in total. The van der Waals surface area contributed by atoms with Gasteiger partial charge in [-0.15, -0.1) is 0 Å². The van der Waals surface area contributed by atoms with Crippen LogP contribution in [-0.2, 0) is 0 Å². The van der Waals surface area contributed by atoms with Gasteiger partial charge in [0.2, 0.25) is 5.88 Å². The Kier molecular flexibility index (Phi) is 3.26. The molecule has 0 unspecified atom stereocenters. The highest BCUT2D eigenvalue weighted by Crippen LogP contribution is 2.10. The standard InChI is InChI=1S/C7H11BN2O4/c1-4-5(8(11)12)6(13-2)10-7(9-4)14-3/h11-12H,1-3H3. The molecule has 0 fully saturated rings. The minimum atomic E-state index is -1.66. The van der Waals surface area contributed by atoms with Gasteiger partial charge < -0.3 is 19.5 Å². The van der Waals surface area contributed by atoms with E-state index in [4.69, 9.17) is 19.5 Å². The third-order valence-electron chi connectivity index (χ3n) is 1.71. The van der Waals surface area contributed by atoms with Gasteiger partial charge in [0.1, 0.15) is 0 Å². The summed E-state index contributed by atoms with van der Waals surface area (Å²) in [5, 5.41) is 18.1. The lowest BCUT2D eigenvalue weighted by Crippen LogP contribution is -2.35. The zero-order valence-electron chi connectivity index (χ0n) is 8.18. The molecule has 0 bridgehead atoms. The molecule has 6 nitrogen and oxygen atoms in total. The Bertz CT molecular complexity index is 332. The summed E-state index contributed by atoms with van der Waals surface area (Å²) in [6, 6.07) is 0.128. The van der Waals surface area contributed by atoms with Crippen LogP contribution in [0.4, 0.5) is 0 Å². The van der Waals surface area contributed by atoms with E-state index in [1.54, 1.807) is 6.92 Å². The predicted molar refractivity (Wildman–Crippen MR) is 49.7 cm³/mol. The zero-order chi connectivity index (χ0) is 10.7. The van der Waals surface area contributed by atoms with Crippen molar-refractivity contribution in [3.05, 3.63) is 5.69 Å². The lowest BCUT2D eigenvalue weighted by atomic mass is 9.79. The van der Waals surface area contributed by atoms with E-state index in [1.807, 2.05) is 0 Å². The zero-order valence-corrected chi connectivity index (χ0v) is 8.18. The van der Waals surface area contributed by atoms with Crippen molar-refractivity contribution in [1.29, 1.82) is 0 Å². The second kappa shape index (κ2) is 4.25. The molecule has 14 heavy (non-hydrogen) atoms. The molecule has 76 valence electrons. The Morgan fingerprint density at radius 2 is 1.79 bits per heavy atom. The number of ether oxygens (including phenoxy) is 2. The summed E-state index contributed by atoms with van der Waals surface area (Å²) in [6.07, 6.45) is 0. The number of aryl methyl sites for hydroxylation is 1. The third-order valence-corrected chi connectivity index (χ3v) is 1.71. The van der Waals surface area contributed by atoms with Gasteiger partial charge in [-0.25, -0.2) is 4.98 Å². The molecule has 0 saturated heterocycles. The van der Waals surface area contributed by atoms with Gasteiger partial charge >= 0.3 is 13.1 Å². The van der Waals surface area contributed by atoms with E-state index in [2.05, 4.69) is 9.97 Å². The van der Waals surface area contributed by atoms with Crippen LogP contribution in [0.1, 0.15) is 5.69 Å². The van der Waals surface area contributed by atoms with Gasteiger partial charge in [-0.1, -0.05) is 0 Å². The maximum atomic E-state index is 9.03. The fourth-order valence-electron chi connectivity index (χ4n) is 1.07. The lowest BCUT2D eigenvalue weighted by Gasteiger charge is -2.10. The van der Waals surface area contributed by atoms with E-state index >= 15 is 0 Å². The highest BCUT2D eigenvalue weighted by atomic mass is 16.5. The highest BCUT2D eigenvalue weighted by Gasteiger charge is 2.23. The Labute approximate surface area is 81.7 Å². The molecule has 1 rings (SSSR count). The molecule has 0 aliphatic rings. The summed E-state index contributed by atoms with van der Waals surface area (Å²) in [5.41, 5.74) is 0.553. The Morgan fingerprint density at radius 1 is 1.14 bits per heavy atom. The van der Waals surface area contributed by atoms with Crippen molar-refractivity contribution < 1.29 is 19.5 Å². The largest absolute Gasteiger partial charge is 0.495 e. The van der Waals surface area contributed by atoms with Crippen LogP contribution in [-0.4, -0.2) is 41.4 Å². The summed E-state index contributed by atoms with van der Waals surface area (Å²) < 4.78 is 9.69. The number of aromatic nitrogens is 2. The highest BCUT2D eigenvalue weighted by molar-refractivity contribution is 6.60. The van der Waals surface area contributed by atoms with Gasteiger partial charge in [0.05, 0.1) is 19.7 Å². The summed E-state index contributed by atoms with van der Waals surface area (Å²) in [5.74, 6) is 0.101. The summed E-state index contributed by atoms with van der Waals surface area (Å²) in [7, 11) is 1.15. The fourth-order valence-corrected chi connectivity index (χ4v) is 1.07. The Hall–Kier alpha value is -1.34. The van der Waals surface area contributed by atoms with Crippen molar-refractivity contribution >= 4 is 12.6 Å². The average molecular weight is 198 g/mol. The van der Waals surface area contributed by atoms with E-state index in [0.29, 0.717) is 5.69 Å². The monoisotopic (exact) mass is 198 g/mol. The first-order chi connectivity index (χ1) is 6.60. The maximum Gasteiger partial charge on any atom is 0.495 e. The molecule has 0 spiro atoms. The van der Waals surface area contributed by atoms with Crippen molar-refractivity contribution in [3.63, 3.8) is 0 Å². The summed E-state index contributed by atoms with van der Waals surface area (Å²) in [6.45, 7) is 1.61. The van der Waals surface area contributed by atoms with Crippen molar-refractivity contribution in [2.75, 3.05) is 14.2 Å². The van der Waals surface area contributed by atoms with Gasteiger partial charge in [0, 0.05) is 5.69 Å². The van der Waals surface area contributed by atoms with E-state index in [0.717, 1.165) is 0 Å². The molecule has 0 aliphatic carbocycles. The molecule has 0 aliphatic heterocycles. The first-order valence-corrected chi connectivity index (χ1v) is 3.92. The van der Waals surface area contributed by atoms with Gasteiger partial charge in [-0.2, -0.15) is 4.98 Å². The van der Waals surface area contributed by atoms with Crippen LogP contribution in [0, 0.1) is 6.92 Å². The van der Waals surface area contributed by atoms with Crippen LogP contribution in [0.2, 0.25) is 0 Å². The van der Waals surface area contributed by atoms with Crippen molar-refractivity contribution in [2.45, 2.75) is 6.92 Å². The predicted octanol–water partition coefficient (Wildman–Crippen LogP) is -1.52. The van der Waals surface area contributed by atoms with Crippen molar-refractivity contribution in [3.8, 4) is 11.9 Å². The SMILES string of the molecule is COc1nc(C)c(B(O)O)c(OC)n1. The van der Waals surface area contributed by atoms with Crippen LogP contribution in [0.3, 0.4) is 0 Å². The van der Waals surface area contributed by atoms with Gasteiger partial charge in [-0.3, -0.25) is 0 Å². The van der Waals surface area contributed by atoms with Gasteiger partial charge in [-0.05, 0) is 6.92 Å². The molecule has 0 aromatic carbocycles. The molecule has 7 heteroatoms. The Balaban J connectivity index is 3.27. The van der Waals surface area contributed by atoms with Crippen LogP contribution >= 0.6 is 0 Å². The molecule has 0 amide bonds. The van der Waals surface area contributed by atoms with E-state index in [-0.39, 0.29) is 17.4 Å².